The third-order valence-electron chi connectivity index (χ3n) is 4.11. The molecule has 118 valence electrons. The zero-order valence-corrected chi connectivity index (χ0v) is 13.8. The van der Waals surface area contributed by atoms with Gasteiger partial charge in [-0.25, -0.2) is 4.98 Å². The molecule has 0 aromatic carbocycles. The van der Waals surface area contributed by atoms with Gasteiger partial charge in [0.05, 0.1) is 6.04 Å². The van der Waals surface area contributed by atoms with E-state index in [1.54, 1.807) is 0 Å². The van der Waals surface area contributed by atoms with Crippen LogP contribution in [0.3, 0.4) is 0 Å². The van der Waals surface area contributed by atoms with E-state index in [0.29, 0.717) is 11.7 Å². The fourth-order valence-electron chi connectivity index (χ4n) is 2.86. The third-order valence-corrected chi connectivity index (χ3v) is 5.09. The van der Waals surface area contributed by atoms with Crippen molar-refractivity contribution in [2.75, 3.05) is 0 Å². The highest BCUT2D eigenvalue weighted by molar-refractivity contribution is 7.09. The largest absolute Gasteiger partial charge is 0.348 e. The van der Waals surface area contributed by atoms with Crippen molar-refractivity contribution in [2.45, 2.75) is 76.8 Å². The molecule has 1 heterocycles. The number of amides is 1. The Morgan fingerprint density at radius 2 is 2.05 bits per heavy atom. The number of nitrogens with two attached hydrogens (primary N) is 1. The normalized spacial score (nSPS) is 18.8. The predicted molar refractivity (Wildman–Crippen MR) is 87.5 cm³/mol. The number of hydrogen-bond donors (Lipinski definition) is 2. The summed E-state index contributed by atoms with van der Waals surface area (Å²) in [6, 6.07) is 0.273. The predicted octanol–water partition coefficient (Wildman–Crippen LogP) is 3.79. The SMILES string of the molecule is CCCC(N)c1nc(C(=O)NC2CCCCCCC2)cs1. The second-order valence-electron chi connectivity index (χ2n) is 5.98. The molecular weight excluding hydrogens is 282 g/mol. The van der Waals surface area contributed by atoms with Gasteiger partial charge in [-0.3, -0.25) is 4.79 Å². The number of aromatic nitrogens is 1. The van der Waals surface area contributed by atoms with Crippen molar-refractivity contribution in [2.24, 2.45) is 5.73 Å². The van der Waals surface area contributed by atoms with E-state index in [1.165, 1.54) is 43.4 Å². The Balaban J connectivity index is 1.90. The molecule has 1 aromatic heterocycles. The van der Waals surface area contributed by atoms with E-state index in [4.69, 9.17) is 5.73 Å². The van der Waals surface area contributed by atoms with Crippen LogP contribution in [0.2, 0.25) is 0 Å². The number of carbonyl (C=O) groups excluding carboxylic acids is 1. The van der Waals surface area contributed by atoms with Crippen LogP contribution in [-0.2, 0) is 0 Å². The van der Waals surface area contributed by atoms with Gasteiger partial charge in [0.2, 0.25) is 0 Å². The first-order valence-corrected chi connectivity index (χ1v) is 9.10. The Bertz CT molecular complexity index is 438. The monoisotopic (exact) mass is 309 g/mol. The van der Waals surface area contributed by atoms with Crippen LogP contribution in [0.4, 0.5) is 0 Å². The van der Waals surface area contributed by atoms with Crippen LogP contribution >= 0.6 is 11.3 Å². The summed E-state index contributed by atoms with van der Waals surface area (Å²) < 4.78 is 0. The second-order valence-corrected chi connectivity index (χ2v) is 6.87. The van der Waals surface area contributed by atoms with Gasteiger partial charge >= 0.3 is 0 Å². The zero-order chi connectivity index (χ0) is 15.1. The van der Waals surface area contributed by atoms with Crippen LogP contribution in [-0.4, -0.2) is 16.9 Å². The summed E-state index contributed by atoms with van der Waals surface area (Å²) in [4.78, 5) is 16.7. The second kappa shape index (κ2) is 8.49. The minimum Gasteiger partial charge on any atom is -0.348 e. The molecule has 1 atom stereocenters. The van der Waals surface area contributed by atoms with E-state index in [1.807, 2.05) is 5.38 Å². The molecular formula is C16H27N3OS. The van der Waals surface area contributed by atoms with E-state index < -0.39 is 0 Å². The third kappa shape index (κ3) is 5.08. The summed E-state index contributed by atoms with van der Waals surface area (Å²) in [5.74, 6) is -0.0354. The number of nitrogens with zero attached hydrogens (tertiary/aromatic N) is 1. The number of thiazole rings is 1. The molecule has 0 saturated heterocycles. The summed E-state index contributed by atoms with van der Waals surface area (Å²) in [7, 11) is 0. The summed E-state index contributed by atoms with van der Waals surface area (Å²) in [6.45, 7) is 2.11. The highest BCUT2D eigenvalue weighted by atomic mass is 32.1. The molecule has 2 rings (SSSR count). The topological polar surface area (TPSA) is 68.0 Å². The lowest BCUT2D eigenvalue weighted by Crippen LogP contribution is -2.35. The van der Waals surface area contributed by atoms with Gasteiger partial charge in [-0.2, -0.15) is 0 Å². The molecule has 1 amide bonds. The summed E-state index contributed by atoms with van der Waals surface area (Å²) in [5, 5.41) is 5.86. The lowest BCUT2D eigenvalue weighted by atomic mass is 9.97. The molecule has 1 fully saturated rings. The molecule has 3 N–H and O–H groups in total. The Morgan fingerprint density at radius 1 is 1.38 bits per heavy atom. The van der Waals surface area contributed by atoms with E-state index >= 15 is 0 Å². The minimum atomic E-state index is -0.0389. The van der Waals surface area contributed by atoms with Gasteiger partial charge in [0.1, 0.15) is 10.7 Å². The maximum absolute atomic E-state index is 12.3. The zero-order valence-electron chi connectivity index (χ0n) is 12.9. The number of hydrogen-bond acceptors (Lipinski definition) is 4. The van der Waals surface area contributed by atoms with Gasteiger partial charge in [-0.15, -0.1) is 11.3 Å². The van der Waals surface area contributed by atoms with Crippen LogP contribution in [0.15, 0.2) is 5.38 Å². The molecule has 1 saturated carbocycles. The van der Waals surface area contributed by atoms with Gasteiger partial charge in [-0.1, -0.05) is 45.4 Å². The summed E-state index contributed by atoms with van der Waals surface area (Å²) in [5.41, 5.74) is 6.59. The quantitative estimate of drug-likeness (QED) is 0.869. The van der Waals surface area contributed by atoms with E-state index in [0.717, 1.165) is 30.7 Å². The van der Waals surface area contributed by atoms with Crippen LogP contribution in [0.5, 0.6) is 0 Å². The lowest BCUT2D eigenvalue weighted by Gasteiger charge is -2.20. The van der Waals surface area contributed by atoms with Gasteiger partial charge in [-0.05, 0) is 19.3 Å². The molecule has 21 heavy (non-hydrogen) atoms. The molecule has 5 heteroatoms. The van der Waals surface area contributed by atoms with Gasteiger partial charge in [0.15, 0.2) is 0 Å². The van der Waals surface area contributed by atoms with Crippen LogP contribution in [0, 0.1) is 0 Å². The van der Waals surface area contributed by atoms with Crippen molar-refractivity contribution < 1.29 is 4.79 Å². The maximum Gasteiger partial charge on any atom is 0.270 e. The lowest BCUT2D eigenvalue weighted by molar-refractivity contribution is 0.0926. The average molecular weight is 309 g/mol. The van der Waals surface area contributed by atoms with Crippen molar-refractivity contribution in [3.05, 3.63) is 16.1 Å². The number of carbonyl (C=O) groups is 1. The van der Waals surface area contributed by atoms with Crippen LogP contribution < -0.4 is 11.1 Å². The number of rotatable bonds is 5. The smallest absolute Gasteiger partial charge is 0.270 e. The molecule has 0 radical (unpaired) electrons. The van der Waals surface area contributed by atoms with Crippen molar-refractivity contribution in [3.63, 3.8) is 0 Å². The van der Waals surface area contributed by atoms with E-state index in [-0.39, 0.29) is 11.9 Å². The first-order chi connectivity index (χ1) is 10.2. The Morgan fingerprint density at radius 3 is 2.71 bits per heavy atom. The van der Waals surface area contributed by atoms with Crippen LogP contribution in [0.1, 0.15) is 86.2 Å². The number of nitrogens with one attached hydrogen (secondary N) is 1. The summed E-state index contributed by atoms with van der Waals surface area (Å²) >= 11 is 1.50. The first-order valence-electron chi connectivity index (χ1n) is 8.22. The molecule has 4 nitrogen and oxygen atoms in total. The fourth-order valence-corrected chi connectivity index (χ4v) is 3.69. The molecule has 1 unspecified atom stereocenters. The average Bonchev–Trinajstić information content (AvgIpc) is 2.91. The van der Waals surface area contributed by atoms with Gasteiger partial charge in [0, 0.05) is 11.4 Å². The van der Waals surface area contributed by atoms with Crippen LogP contribution in [0.25, 0.3) is 0 Å². The Labute approximate surface area is 131 Å². The van der Waals surface area contributed by atoms with Crippen molar-refractivity contribution in [1.82, 2.24) is 10.3 Å². The molecule has 1 aliphatic rings. The van der Waals surface area contributed by atoms with Crippen molar-refractivity contribution in [1.29, 1.82) is 0 Å². The van der Waals surface area contributed by atoms with Crippen molar-refractivity contribution in [3.8, 4) is 0 Å². The molecule has 0 bridgehead atoms. The van der Waals surface area contributed by atoms with E-state index in [9.17, 15) is 4.79 Å². The molecule has 1 aromatic rings. The molecule has 0 aliphatic heterocycles. The maximum atomic E-state index is 12.3. The summed E-state index contributed by atoms with van der Waals surface area (Å²) in [6.07, 6.45) is 10.5. The Hall–Kier alpha value is -0.940. The minimum absolute atomic E-state index is 0.0354. The van der Waals surface area contributed by atoms with E-state index in [2.05, 4.69) is 17.2 Å². The fraction of sp³-hybridized carbons (Fsp3) is 0.750. The van der Waals surface area contributed by atoms with Crippen molar-refractivity contribution >= 4 is 17.2 Å². The molecule has 0 spiro atoms. The Kier molecular flexibility index (Phi) is 6.64. The standard InChI is InChI=1S/C16H27N3OS/c1-2-8-13(17)16-19-14(11-21-16)15(20)18-12-9-6-4-3-5-7-10-12/h11-13H,2-10,17H2,1H3,(H,18,20). The van der Waals surface area contributed by atoms with Gasteiger partial charge < -0.3 is 11.1 Å². The van der Waals surface area contributed by atoms with Gasteiger partial charge in [0.25, 0.3) is 5.91 Å². The highest BCUT2D eigenvalue weighted by Crippen LogP contribution is 2.21. The highest BCUT2D eigenvalue weighted by Gasteiger charge is 2.18. The first kappa shape index (κ1) is 16.4. The molecule has 1 aliphatic carbocycles.